The first-order chi connectivity index (χ1) is 9.56. The third-order valence-corrected chi connectivity index (χ3v) is 3.02. The van der Waals surface area contributed by atoms with Gasteiger partial charge in [0.15, 0.2) is 11.9 Å². The van der Waals surface area contributed by atoms with Crippen LogP contribution in [-0.4, -0.2) is 17.0 Å². The van der Waals surface area contributed by atoms with Crippen molar-refractivity contribution >= 4 is 34.9 Å². The summed E-state index contributed by atoms with van der Waals surface area (Å²) in [6.45, 7) is 1.63. The van der Waals surface area contributed by atoms with E-state index in [1.807, 2.05) is 0 Å². The number of carbonyl (C=O) groups excluding carboxylic acids is 1. The first kappa shape index (κ1) is 14.6. The van der Waals surface area contributed by atoms with Crippen molar-refractivity contribution in [2.45, 2.75) is 13.0 Å². The van der Waals surface area contributed by atoms with Crippen LogP contribution < -0.4 is 10.1 Å². The Kier molecular flexibility index (Phi) is 4.82. The zero-order chi connectivity index (χ0) is 14.5. The van der Waals surface area contributed by atoms with Gasteiger partial charge in [-0.3, -0.25) is 4.79 Å². The van der Waals surface area contributed by atoms with Crippen LogP contribution in [0.1, 0.15) is 6.92 Å². The van der Waals surface area contributed by atoms with Crippen molar-refractivity contribution in [1.29, 1.82) is 0 Å². The average molecular weight is 311 g/mol. The SMILES string of the molecule is C[C@H](Oc1cccc(Cl)c1)C(=O)Nc1ncccc1Cl. The van der Waals surface area contributed by atoms with Gasteiger partial charge in [-0.25, -0.2) is 4.98 Å². The van der Waals surface area contributed by atoms with Crippen molar-refractivity contribution in [3.63, 3.8) is 0 Å². The molecule has 0 saturated carbocycles. The fourth-order valence-electron chi connectivity index (χ4n) is 1.49. The smallest absolute Gasteiger partial charge is 0.266 e. The third kappa shape index (κ3) is 3.85. The summed E-state index contributed by atoms with van der Waals surface area (Å²) in [4.78, 5) is 16.0. The fourth-order valence-corrected chi connectivity index (χ4v) is 1.84. The van der Waals surface area contributed by atoms with E-state index in [2.05, 4.69) is 10.3 Å². The van der Waals surface area contributed by atoms with E-state index in [1.54, 1.807) is 49.5 Å². The molecule has 2 rings (SSSR count). The van der Waals surface area contributed by atoms with Gasteiger partial charge in [-0.1, -0.05) is 29.3 Å². The Labute approximate surface area is 126 Å². The molecule has 1 atom stereocenters. The maximum absolute atomic E-state index is 12.0. The van der Waals surface area contributed by atoms with Crippen molar-refractivity contribution < 1.29 is 9.53 Å². The first-order valence-electron chi connectivity index (χ1n) is 5.90. The Balaban J connectivity index is 2.01. The van der Waals surface area contributed by atoms with Crippen LogP contribution in [0.3, 0.4) is 0 Å². The van der Waals surface area contributed by atoms with E-state index >= 15 is 0 Å². The Morgan fingerprint density at radius 2 is 2.10 bits per heavy atom. The van der Waals surface area contributed by atoms with Crippen molar-refractivity contribution in [1.82, 2.24) is 4.98 Å². The largest absolute Gasteiger partial charge is 0.481 e. The molecule has 1 aromatic heterocycles. The van der Waals surface area contributed by atoms with Gasteiger partial charge in [0.2, 0.25) is 0 Å². The predicted molar refractivity (Wildman–Crippen MR) is 79.4 cm³/mol. The maximum atomic E-state index is 12.0. The predicted octanol–water partition coefficient (Wildman–Crippen LogP) is 3.79. The van der Waals surface area contributed by atoms with Gasteiger partial charge < -0.3 is 10.1 Å². The molecule has 0 fully saturated rings. The second-order valence-corrected chi connectivity index (χ2v) is 4.88. The number of benzene rings is 1. The van der Waals surface area contributed by atoms with Crippen LogP contribution in [0.2, 0.25) is 10.0 Å². The van der Waals surface area contributed by atoms with E-state index in [-0.39, 0.29) is 5.91 Å². The molecule has 1 N–H and O–H groups in total. The molecule has 1 aromatic carbocycles. The van der Waals surface area contributed by atoms with E-state index in [9.17, 15) is 4.79 Å². The van der Waals surface area contributed by atoms with E-state index < -0.39 is 6.10 Å². The lowest BCUT2D eigenvalue weighted by molar-refractivity contribution is -0.122. The highest BCUT2D eigenvalue weighted by molar-refractivity contribution is 6.33. The summed E-state index contributed by atoms with van der Waals surface area (Å²) >= 11 is 11.8. The Bertz CT molecular complexity index is 620. The number of anilines is 1. The number of aromatic nitrogens is 1. The number of carbonyl (C=O) groups is 1. The molecule has 0 unspecified atom stereocenters. The van der Waals surface area contributed by atoms with E-state index in [4.69, 9.17) is 27.9 Å². The maximum Gasteiger partial charge on any atom is 0.266 e. The lowest BCUT2D eigenvalue weighted by Gasteiger charge is -2.14. The number of hydrogen-bond donors (Lipinski definition) is 1. The summed E-state index contributed by atoms with van der Waals surface area (Å²) in [5.74, 6) is 0.485. The zero-order valence-electron chi connectivity index (χ0n) is 10.6. The van der Waals surface area contributed by atoms with E-state index in [0.717, 1.165) is 0 Å². The molecule has 0 saturated heterocycles. The minimum Gasteiger partial charge on any atom is -0.481 e. The summed E-state index contributed by atoms with van der Waals surface area (Å²) in [7, 11) is 0. The Hall–Kier alpha value is -1.78. The average Bonchev–Trinajstić information content (AvgIpc) is 2.41. The molecule has 2 aromatic rings. The molecule has 0 aliphatic heterocycles. The molecule has 0 spiro atoms. The lowest BCUT2D eigenvalue weighted by atomic mass is 10.3. The summed E-state index contributed by atoms with van der Waals surface area (Å²) in [6, 6.07) is 10.2. The minimum atomic E-state index is -0.702. The summed E-state index contributed by atoms with van der Waals surface area (Å²) in [5, 5.41) is 3.52. The number of rotatable bonds is 4. The molecule has 0 bridgehead atoms. The van der Waals surface area contributed by atoms with Crippen LogP contribution in [0, 0.1) is 0 Å². The topological polar surface area (TPSA) is 51.2 Å². The molecular weight excluding hydrogens is 299 g/mol. The highest BCUT2D eigenvalue weighted by Gasteiger charge is 2.16. The summed E-state index contributed by atoms with van der Waals surface area (Å²) in [6.07, 6.45) is 0.843. The molecular formula is C14H12Cl2N2O2. The highest BCUT2D eigenvalue weighted by atomic mass is 35.5. The molecule has 104 valence electrons. The van der Waals surface area contributed by atoms with Gasteiger partial charge in [0.05, 0.1) is 5.02 Å². The molecule has 1 heterocycles. The molecule has 1 amide bonds. The highest BCUT2D eigenvalue weighted by Crippen LogP contribution is 2.20. The van der Waals surface area contributed by atoms with Crippen LogP contribution in [0.25, 0.3) is 0 Å². The molecule has 6 heteroatoms. The lowest BCUT2D eigenvalue weighted by Crippen LogP contribution is -2.30. The van der Waals surface area contributed by atoms with Gasteiger partial charge in [-0.15, -0.1) is 0 Å². The molecule has 4 nitrogen and oxygen atoms in total. The van der Waals surface area contributed by atoms with Gasteiger partial charge in [-0.05, 0) is 37.3 Å². The fraction of sp³-hybridized carbons (Fsp3) is 0.143. The van der Waals surface area contributed by atoms with Crippen LogP contribution in [0.5, 0.6) is 5.75 Å². The number of amides is 1. The van der Waals surface area contributed by atoms with Crippen molar-refractivity contribution in [2.24, 2.45) is 0 Å². The quantitative estimate of drug-likeness (QED) is 0.934. The van der Waals surface area contributed by atoms with Gasteiger partial charge in [0.25, 0.3) is 5.91 Å². The summed E-state index contributed by atoms with van der Waals surface area (Å²) < 4.78 is 5.50. The molecule has 0 aliphatic carbocycles. The van der Waals surface area contributed by atoms with Crippen LogP contribution in [0.15, 0.2) is 42.6 Å². The molecule has 20 heavy (non-hydrogen) atoms. The number of nitrogens with one attached hydrogen (secondary N) is 1. The van der Waals surface area contributed by atoms with Crippen molar-refractivity contribution in [3.8, 4) is 5.75 Å². The van der Waals surface area contributed by atoms with E-state index in [1.165, 1.54) is 0 Å². The van der Waals surface area contributed by atoms with Crippen molar-refractivity contribution in [3.05, 3.63) is 52.6 Å². The normalized spacial score (nSPS) is 11.8. The van der Waals surface area contributed by atoms with Crippen molar-refractivity contribution in [2.75, 3.05) is 5.32 Å². The van der Waals surface area contributed by atoms with Gasteiger partial charge in [0, 0.05) is 11.2 Å². The molecule has 0 radical (unpaired) electrons. The van der Waals surface area contributed by atoms with Crippen LogP contribution in [0.4, 0.5) is 5.82 Å². The van der Waals surface area contributed by atoms with Gasteiger partial charge >= 0.3 is 0 Å². The first-order valence-corrected chi connectivity index (χ1v) is 6.65. The number of pyridine rings is 1. The number of nitrogens with zero attached hydrogens (tertiary/aromatic N) is 1. The van der Waals surface area contributed by atoms with E-state index in [0.29, 0.717) is 21.6 Å². The third-order valence-electron chi connectivity index (χ3n) is 2.48. The minimum absolute atomic E-state index is 0.306. The van der Waals surface area contributed by atoms with Gasteiger partial charge in [-0.2, -0.15) is 0 Å². The zero-order valence-corrected chi connectivity index (χ0v) is 12.2. The molecule has 0 aliphatic rings. The number of halogens is 2. The summed E-state index contributed by atoms with van der Waals surface area (Å²) in [5.41, 5.74) is 0. The van der Waals surface area contributed by atoms with Crippen LogP contribution in [-0.2, 0) is 4.79 Å². The standard InChI is InChI=1S/C14H12Cl2N2O2/c1-9(20-11-5-2-4-10(15)8-11)14(19)18-13-12(16)6-3-7-17-13/h2-9H,1H3,(H,17,18,19)/t9-/m0/s1. The van der Waals surface area contributed by atoms with Crippen LogP contribution >= 0.6 is 23.2 Å². The second-order valence-electron chi connectivity index (χ2n) is 4.04. The second kappa shape index (κ2) is 6.59. The number of hydrogen-bond acceptors (Lipinski definition) is 3. The Morgan fingerprint density at radius 3 is 2.80 bits per heavy atom. The van der Waals surface area contributed by atoms with Gasteiger partial charge in [0.1, 0.15) is 5.75 Å². The monoisotopic (exact) mass is 310 g/mol. The number of ether oxygens (including phenoxy) is 1. The Morgan fingerprint density at radius 1 is 1.30 bits per heavy atom.